The van der Waals surface area contributed by atoms with Crippen molar-refractivity contribution < 1.29 is 14.6 Å². The summed E-state index contributed by atoms with van der Waals surface area (Å²) in [5, 5.41) is 14.1. The largest absolute Gasteiger partial charge is 0.496 e. The number of β-amino-alcohol motifs (C(OH)–C–C–N with tert-alkyl or cyclic N) is 1. The quantitative estimate of drug-likeness (QED) is 0.560. The summed E-state index contributed by atoms with van der Waals surface area (Å²) in [6, 6.07) is 14.7. The molecular weight excluding hydrogens is 374 g/mol. The fourth-order valence-electron chi connectivity index (χ4n) is 3.93. The van der Waals surface area contributed by atoms with Crippen LogP contribution in [0.2, 0.25) is 0 Å². The minimum Gasteiger partial charge on any atom is -0.496 e. The molecule has 0 bridgehead atoms. The van der Waals surface area contributed by atoms with Gasteiger partial charge < -0.3 is 19.9 Å². The maximum atomic E-state index is 10.6. The Morgan fingerprint density at radius 3 is 2.50 bits per heavy atom. The molecule has 2 N–H and O–H groups in total. The van der Waals surface area contributed by atoms with Crippen molar-refractivity contribution in [2.45, 2.75) is 64.7 Å². The molecule has 3 rings (SSSR count). The number of para-hydroxylation sites is 1. The Kier molecular flexibility index (Phi) is 7.56. The zero-order valence-electron chi connectivity index (χ0n) is 19.1. The maximum absolute atomic E-state index is 10.6. The number of nitrogens with one attached hydrogen (secondary N) is 1. The van der Waals surface area contributed by atoms with Gasteiger partial charge in [-0.3, -0.25) is 0 Å². The molecule has 2 aromatic carbocycles. The predicted octanol–water partition coefficient (Wildman–Crippen LogP) is 4.75. The molecule has 2 aromatic rings. The van der Waals surface area contributed by atoms with Crippen molar-refractivity contribution in [2.24, 2.45) is 5.92 Å². The molecular formula is C26H37NO3. The normalized spacial score (nSPS) is 16.3. The topological polar surface area (TPSA) is 50.7 Å². The average molecular weight is 412 g/mol. The molecule has 4 nitrogen and oxygen atoms in total. The number of benzene rings is 2. The van der Waals surface area contributed by atoms with Gasteiger partial charge in [0.25, 0.3) is 0 Å². The fraction of sp³-hybridized carbons (Fsp3) is 0.538. The van der Waals surface area contributed by atoms with Gasteiger partial charge in [0.1, 0.15) is 5.75 Å². The van der Waals surface area contributed by atoms with E-state index in [1.165, 1.54) is 29.5 Å². The Morgan fingerprint density at radius 1 is 1.10 bits per heavy atom. The number of aliphatic hydroxyl groups is 1. The van der Waals surface area contributed by atoms with Gasteiger partial charge >= 0.3 is 0 Å². The Labute approximate surface area is 181 Å². The van der Waals surface area contributed by atoms with E-state index in [4.69, 9.17) is 9.47 Å². The van der Waals surface area contributed by atoms with Crippen LogP contribution in [0, 0.1) is 19.8 Å². The first kappa shape index (κ1) is 22.8. The van der Waals surface area contributed by atoms with Gasteiger partial charge in [-0.1, -0.05) is 36.4 Å². The number of methoxy groups -OCH3 is 1. The Bertz CT molecular complexity index is 829. The Morgan fingerprint density at radius 2 is 1.83 bits per heavy atom. The lowest BCUT2D eigenvalue weighted by molar-refractivity contribution is -0.0219. The highest BCUT2D eigenvalue weighted by Crippen LogP contribution is 2.45. The monoisotopic (exact) mass is 411 g/mol. The van der Waals surface area contributed by atoms with E-state index in [0.29, 0.717) is 19.1 Å². The van der Waals surface area contributed by atoms with Gasteiger partial charge in [0, 0.05) is 17.6 Å². The highest BCUT2D eigenvalue weighted by Gasteiger charge is 2.35. The molecule has 1 aliphatic rings. The summed E-state index contributed by atoms with van der Waals surface area (Å²) < 4.78 is 11.7. The minimum absolute atomic E-state index is 0.0145. The molecule has 0 heterocycles. The number of aliphatic hydroxyl groups excluding tert-OH is 1. The smallest absolute Gasteiger partial charge is 0.124 e. The summed E-state index contributed by atoms with van der Waals surface area (Å²) in [7, 11) is 1.69. The van der Waals surface area contributed by atoms with Crippen LogP contribution in [0.5, 0.6) is 5.75 Å². The third kappa shape index (κ3) is 6.31. The molecule has 30 heavy (non-hydrogen) atoms. The third-order valence-electron chi connectivity index (χ3n) is 6.00. The molecule has 0 radical (unpaired) electrons. The van der Waals surface area contributed by atoms with Gasteiger partial charge in [0.05, 0.1) is 25.9 Å². The molecule has 0 saturated heterocycles. The molecule has 164 valence electrons. The van der Waals surface area contributed by atoms with Crippen molar-refractivity contribution in [1.29, 1.82) is 0 Å². The van der Waals surface area contributed by atoms with Crippen LogP contribution in [0.3, 0.4) is 0 Å². The molecule has 2 atom stereocenters. The third-order valence-corrected chi connectivity index (χ3v) is 6.00. The first-order chi connectivity index (χ1) is 14.3. The summed E-state index contributed by atoms with van der Waals surface area (Å²) in [6.45, 7) is 9.46. The number of rotatable bonds is 11. The van der Waals surface area contributed by atoms with Crippen LogP contribution in [0.15, 0.2) is 42.5 Å². The van der Waals surface area contributed by atoms with Crippen molar-refractivity contribution in [3.8, 4) is 5.75 Å². The number of hydrogen-bond donors (Lipinski definition) is 2. The van der Waals surface area contributed by atoms with E-state index >= 15 is 0 Å². The summed E-state index contributed by atoms with van der Waals surface area (Å²) in [5.74, 6) is 1.37. The predicted molar refractivity (Wildman–Crippen MR) is 122 cm³/mol. The molecule has 0 aromatic heterocycles. The molecule has 1 fully saturated rings. The van der Waals surface area contributed by atoms with Crippen LogP contribution in [-0.2, 0) is 11.2 Å². The number of ether oxygens (including phenoxy) is 2. The molecule has 2 unspecified atom stereocenters. The van der Waals surface area contributed by atoms with E-state index in [-0.39, 0.29) is 11.6 Å². The van der Waals surface area contributed by atoms with Crippen LogP contribution in [0.4, 0.5) is 0 Å². The first-order valence-electron chi connectivity index (χ1n) is 11.0. The van der Waals surface area contributed by atoms with E-state index in [1.807, 2.05) is 18.2 Å². The van der Waals surface area contributed by atoms with Crippen molar-refractivity contribution in [2.75, 3.05) is 20.3 Å². The second-order valence-corrected chi connectivity index (χ2v) is 9.35. The summed E-state index contributed by atoms with van der Waals surface area (Å²) in [6.07, 6.45) is 2.67. The Hall–Kier alpha value is -1.88. The summed E-state index contributed by atoms with van der Waals surface area (Å²) >= 11 is 0. The van der Waals surface area contributed by atoms with Crippen molar-refractivity contribution in [3.63, 3.8) is 0 Å². The average Bonchev–Trinajstić information content (AvgIpc) is 3.55. The highest BCUT2D eigenvalue weighted by atomic mass is 16.5. The highest BCUT2D eigenvalue weighted by molar-refractivity contribution is 5.36. The van der Waals surface area contributed by atoms with Crippen molar-refractivity contribution >= 4 is 0 Å². The van der Waals surface area contributed by atoms with E-state index in [1.54, 1.807) is 7.11 Å². The lowest BCUT2D eigenvalue weighted by Crippen LogP contribution is -2.46. The second kappa shape index (κ2) is 9.95. The van der Waals surface area contributed by atoms with Crippen LogP contribution in [-0.4, -0.2) is 37.0 Å². The van der Waals surface area contributed by atoms with Gasteiger partial charge in [-0.05, 0) is 75.6 Å². The first-order valence-corrected chi connectivity index (χ1v) is 11.0. The Balaban J connectivity index is 1.51. The van der Waals surface area contributed by atoms with Gasteiger partial charge in [-0.25, -0.2) is 0 Å². The van der Waals surface area contributed by atoms with Crippen LogP contribution < -0.4 is 10.1 Å². The number of aryl methyl sites for hydroxylation is 2. The fourth-order valence-corrected chi connectivity index (χ4v) is 3.93. The van der Waals surface area contributed by atoms with Crippen LogP contribution in [0.1, 0.15) is 55.0 Å². The molecule has 1 saturated carbocycles. The SMILES string of the molecule is COc1ccccc1C(OCC(O)CNC(C)(C)Cc1ccc(C)c(C)c1)C1CC1. The van der Waals surface area contributed by atoms with Gasteiger partial charge in [0.2, 0.25) is 0 Å². The zero-order chi connectivity index (χ0) is 21.7. The van der Waals surface area contributed by atoms with Crippen molar-refractivity contribution in [3.05, 3.63) is 64.7 Å². The lowest BCUT2D eigenvalue weighted by atomic mass is 9.93. The minimum atomic E-state index is -0.556. The van der Waals surface area contributed by atoms with Gasteiger partial charge in [-0.15, -0.1) is 0 Å². The molecule has 1 aliphatic carbocycles. The maximum Gasteiger partial charge on any atom is 0.124 e. The standard InChI is InChI=1S/C26H37NO3/c1-18-10-11-20(14-19(18)2)15-26(3,4)27-16-22(28)17-30-25(21-12-13-21)23-8-6-7-9-24(23)29-5/h6-11,14,21-22,25,27-28H,12-13,15-17H2,1-5H3. The summed E-state index contributed by atoms with van der Waals surface area (Å²) in [5.41, 5.74) is 4.92. The van der Waals surface area contributed by atoms with E-state index < -0.39 is 6.10 Å². The van der Waals surface area contributed by atoms with E-state index in [9.17, 15) is 5.11 Å². The zero-order valence-corrected chi connectivity index (χ0v) is 19.1. The lowest BCUT2D eigenvalue weighted by Gasteiger charge is -2.29. The van der Waals surface area contributed by atoms with Crippen molar-refractivity contribution in [1.82, 2.24) is 5.32 Å². The van der Waals surface area contributed by atoms with E-state index in [2.05, 4.69) is 57.3 Å². The number of hydrogen-bond acceptors (Lipinski definition) is 4. The van der Waals surface area contributed by atoms with Crippen LogP contribution >= 0.6 is 0 Å². The molecule has 4 heteroatoms. The molecule has 0 spiro atoms. The van der Waals surface area contributed by atoms with Gasteiger partial charge in [0.15, 0.2) is 0 Å². The second-order valence-electron chi connectivity index (χ2n) is 9.35. The van der Waals surface area contributed by atoms with E-state index in [0.717, 1.165) is 17.7 Å². The molecule has 0 amide bonds. The summed E-state index contributed by atoms with van der Waals surface area (Å²) in [4.78, 5) is 0. The molecule has 0 aliphatic heterocycles. The van der Waals surface area contributed by atoms with Gasteiger partial charge in [-0.2, -0.15) is 0 Å². The van der Waals surface area contributed by atoms with Crippen LogP contribution in [0.25, 0.3) is 0 Å².